The van der Waals surface area contributed by atoms with E-state index < -0.39 is 5.25 Å². The monoisotopic (exact) mass is 577 g/mol. The maximum absolute atomic E-state index is 13.4. The summed E-state index contributed by atoms with van der Waals surface area (Å²) >= 11 is 1.28. The molecule has 216 valence electrons. The maximum Gasteiger partial charge on any atom is 0.238 e. The lowest BCUT2D eigenvalue weighted by molar-refractivity contribution is -0.129. The third-order valence-corrected chi connectivity index (χ3v) is 7.58. The lowest BCUT2D eigenvalue weighted by atomic mass is 10.1. The quantitative estimate of drug-likeness (QED) is 0.295. The number of hydrogen-bond acceptors (Lipinski definition) is 8. The highest BCUT2D eigenvalue weighted by atomic mass is 32.2. The van der Waals surface area contributed by atoms with E-state index in [1.165, 1.54) is 11.8 Å². The molecule has 0 radical (unpaired) electrons. The predicted molar refractivity (Wildman–Crippen MR) is 162 cm³/mol. The van der Waals surface area contributed by atoms with Crippen molar-refractivity contribution < 1.29 is 28.5 Å². The average Bonchev–Trinajstić information content (AvgIpc) is 3.00. The zero-order valence-electron chi connectivity index (χ0n) is 23.7. The lowest BCUT2D eigenvalue weighted by Crippen LogP contribution is -2.46. The number of aliphatic imine (C=N–C) groups is 1. The molecule has 1 heterocycles. The van der Waals surface area contributed by atoms with Crippen LogP contribution in [-0.2, 0) is 16.0 Å². The number of nitrogens with one attached hydrogen (secondary N) is 1. The molecule has 1 aliphatic rings. The fourth-order valence-electron chi connectivity index (χ4n) is 4.18. The first-order chi connectivity index (χ1) is 19.9. The molecule has 1 unspecified atom stereocenters. The number of ether oxygens (including phenoxy) is 4. The van der Waals surface area contributed by atoms with E-state index in [-0.39, 0.29) is 18.2 Å². The number of anilines is 1. The number of nitrogens with zero attached hydrogens (tertiary/aromatic N) is 2. The van der Waals surface area contributed by atoms with Crippen molar-refractivity contribution in [3.05, 3.63) is 72.3 Å². The van der Waals surface area contributed by atoms with Gasteiger partial charge in [0.15, 0.2) is 16.7 Å². The van der Waals surface area contributed by atoms with E-state index >= 15 is 0 Å². The molecule has 10 heteroatoms. The van der Waals surface area contributed by atoms with Gasteiger partial charge in [0.25, 0.3) is 0 Å². The fourth-order valence-corrected chi connectivity index (χ4v) is 5.31. The molecule has 4 rings (SSSR count). The molecule has 1 N–H and O–H groups in total. The topological polar surface area (TPSA) is 98.7 Å². The van der Waals surface area contributed by atoms with E-state index in [9.17, 15) is 9.59 Å². The molecule has 0 bridgehead atoms. The summed E-state index contributed by atoms with van der Waals surface area (Å²) in [4.78, 5) is 33.1. The van der Waals surface area contributed by atoms with Crippen LogP contribution in [0.3, 0.4) is 0 Å². The normalized spacial score (nSPS) is 15.9. The lowest BCUT2D eigenvalue weighted by Gasteiger charge is -2.32. The molecule has 2 amide bonds. The molecule has 3 aromatic rings. The number of benzene rings is 3. The Morgan fingerprint density at radius 2 is 1.66 bits per heavy atom. The van der Waals surface area contributed by atoms with Crippen LogP contribution in [-0.4, -0.2) is 61.6 Å². The van der Waals surface area contributed by atoms with Gasteiger partial charge in [-0.1, -0.05) is 24.8 Å². The first-order valence-corrected chi connectivity index (χ1v) is 14.3. The molecule has 1 fully saturated rings. The number of methoxy groups -OCH3 is 3. The Labute approximate surface area is 244 Å². The van der Waals surface area contributed by atoms with Crippen LogP contribution in [0.25, 0.3) is 0 Å². The largest absolute Gasteiger partial charge is 0.497 e. The molecule has 0 spiro atoms. The van der Waals surface area contributed by atoms with Crippen LogP contribution >= 0.6 is 11.8 Å². The Balaban J connectivity index is 1.51. The summed E-state index contributed by atoms with van der Waals surface area (Å²) in [6.45, 7) is 3.07. The van der Waals surface area contributed by atoms with E-state index in [4.69, 9.17) is 23.9 Å². The third-order valence-electron chi connectivity index (χ3n) is 6.40. The first-order valence-electron chi connectivity index (χ1n) is 13.4. The van der Waals surface area contributed by atoms with Gasteiger partial charge < -0.3 is 24.3 Å². The summed E-state index contributed by atoms with van der Waals surface area (Å²) in [6.07, 6.45) is 1.54. The Hall–Kier alpha value is -4.18. The van der Waals surface area contributed by atoms with Crippen LogP contribution in [0, 0.1) is 0 Å². The number of hydrogen-bond donors (Lipinski definition) is 1. The Morgan fingerprint density at radius 1 is 0.951 bits per heavy atom. The molecule has 3 aromatic carbocycles. The second-order valence-corrected chi connectivity index (χ2v) is 10.4. The van der Waals surface area contributed by atoms with Gasteiger partial charge in [-0.15, -0.1) is 0 Å². The number of thioether (sulfide) groups is 1. The average molecular weight is 578 g/mol. The fraction of sp³-hybridized carbons (Fsp3) is 0.323. The third kappa shape index (κ3) is 7.94. The van der Waals surface area contributed by atoms with Gasteiger partial charge in [0.1, 0.15) is 16.7 Å². The van der Waals surface area contributed by atoms with E-state index in [0.29, 0.717) is 53.4 Å². The van der Waals surface area contributed by atoms with Gasteiger partial charge in [0, 0.05) is 18.7 Å². The molecule has 1 atom stereocenters. The van der Waals surface area contributed by atoms with Gasteiger partial charge in [0.2, 0.25) is 11.8 Å². The molecular weight excluding hydrogens is 542 g/mol. The van der Waals surface area contributed by atoms with Crippen LogP contribution in [0.1, 0.15) is 25.3 Å². The molecule has 1 saturated heterocycles. The molecule has 0 saturated carbocycles. The molecule has 0 aliphatic carbocycles. The van der Waals surface area contributed by atoms with Crippen LogP contribution in [0.15, 0.2) is 71.7 Å². The molecule has 41 heavy (non-hydrogen) atoms. The minimum atomic E-state index is -0.632. The van der Waals surface area contributed by atoms with Gasteiger partial charge in [-0.3, -0.25) is 14.5 Å². The highest BCUT2D eigenvalue weighted by molar-refractivity contribution is 8.15. The Kier molecular flexibility index (Phi) is 10.5. The SMILES string of the molecule is CCCOc1ccc(NC(=O)C2CC(=O)N(CCc3ccc(OC)c(OC)c3)C(=Nc3ccc(OC)cc3)S2)cc1. The van der Waals surface area contributed by atoms with Crippen LogP contribution in [0.4, 0.5) is 11.4 Å². The van der Waals surface area contributed by atoms with Crippen molar-refractivity contribution in [2.75, 3.05) is 39.8 Å². The van der Waals surface area contributed by atoms with E-state index in [1.807, 2.05) is 49.4 Å². The molecule has 0 aromatic heterocycles. The summed E-state index contributed by atoms with van der Waals surface area (Å²) < 4.78 is 21.6. The Bertz CT molecular complexity index is 1360. The number of carbonyl (C=O) groups excluding carboxylic acids is 2. The summed E-state index contributed by atoms with van der Waals surface area (Å²) in [7, 11) is 4.78. The van der Waals surface area contributed by atoms with Gasteiger partial charge in [0.05, 0.1) is 33.6 Å². The zero-order chi connectivity index (χ0) is 29.2. The predicted octanol–water partition coefficient (Wildman–Crippen LogP) is 5.70. The second kappa shape index (κ2) is 14.5. The van der Waals surface area contributed by atoms with Gasteiger partial charge >= 0.3 is 0 Å². The van der Waals surface area contributed by atoms with Crippen LogP contribution in [0.5, 0.6) is 23.0 Å². The smallest absolute Gasteiger partial charge is 0.238 e. The van der Waals surface area contributed by atoms with E-state index in [1.54, 1.807) is 50.5 Å². The number of carbonyl (C=O) groups is 2. The van der Waals surface area contributed by atoms with Crippen molar-refractivity contribution >= 4 is 40.1 Å². The van der Waals surface area contributed by atoms with Crippen molar-refractivity contribution in [3.8, 4) is 23.0 Å². The van der Waals surface area contributed by atoms with Gasteiger partial charge in [-0.2, -0.15) is 0 Å². The van der Waals surface area contributed by atoms with Gasteiger partial charge in [-0.05, 0) is 79.1 Å². The minimum Gasteiger partial charge on any atom is -0.497 e. The highest BCUT2D eigenvalue weighted by Crippen LogP contribution is 2.32. The van der Waals surface area contributed by atoms with Crippen molar-refractivity contribution in [2.24, 2.45) is 4.99 Å². The number of rotatable bonds is 12. The molecular formula is C31H35N3O6S. The second-order valence-electron chi connectivity index (χ2n) is 9.25. The minimum absolute atomic E-state index is 0.0573. The maximum atomic E-state index is 13.4. The first kappa shape index (κ1) is 29.8. The highest BCUT2D eigenvalue weighted by Gasteiger charge is 2.36. The van der Waals surface area contributed by atoms with Gasteiger partial charge in [-0.25, -0.2) is 4.99 Å². The van der Waals surface area contributed by atoms with E-state index in [2.05, 4.69) is 5.32 Å². The summed E-state index contributed by atoms with van der Waals surface area (Å²) in [5.74, 6) is 2.28. The standard InChI is InChI=1S/C31H35N3O6S/c1-5-18-40-25-13-9-22(10-14-25)32-30(36)28-20-29(35)34(17-16-21-6-15-26(38-3)27(19-21)39-4)31(41-28)33-23-7-11-24(37-2)12-8-23/h6-15,19,28H,5,16-18,20H2,1-4H3,(H,32,36). The van der Waals surface area contributed by atoms with Crippen molar-refractivity contribution in [1.82, 2.24) is 4.90 Å². The molecule has 1 aliphatic heterocycles. The van der Waals surface area contributed by atoms with Crippen LogP contribution < -0.4 is 24.3 Å². The zero-order valence-corrected chi connectivity index (χ0v) is 24.5. The van der Waals surface area contributed by atoms with Crippen LogP contribution in [0.2, 0.25) is 0 Å². The van der Waals surface area contributed by atoms with Crippen molar-refractivity contribution in [3.63, 3.8) is 0 Å². The Morgan fingerprint density at radius 3 is 2.32 bits per heavy atom. The number of amides is 2. The molecule has 9 nitrogen and oxygen atoms in total. The van der Waals surface area contributed by atoms with Crippen molar-refractivity contribution in [1.29, 1.82) is 0 Å². The number of amidine groups is 1. The summed E-state index contributed by atoms with van der Waals surface area (Å²) in [5, 5.41) is 2.76. The summed E-state index contributed by atoms with van der Waals surface area (Å²) in [6, 6.07) is 20.1. The van der Waals surface area contributed by atoms with E-state index in [0.717, 1.165) is 17.7 Å². The van der Waals surface area contributed by atoms with Crippen molar-refractivity contribution in [2.45, 2.75) is 31.4 Å². The summed E-state index contributed by atoms with van der Waals surface area (Å²) in [5.41, 5.74) is 2.27.